The van der Waals surface area contributed by atoms with E-state index in [1.165, 1.54) is 11.3 Å². The molecular weight excluding hydrogens is 308 g/mol. The minimum atomic E-state index is -0.000319. The summed E-state index contributed by atoms with van der Waals surface area (Å²) in [5.41, 5.74) is 1.04. The second kappa shape index (κ2) is 6.81. The van der Waals surface area contributed by atoms with Crippen LogP contribution in [0.5, 0.6) is 0 Å². The average molecular weight is 330 g/mol. The lowest BCUT2D eigenvalue weighted by Gasteiger charge is -2.40. The third kappa shape index (κ3) is 3.31. The first-order valence-corrected chi connectivity index (χ1v) is 8.90. The molecule has 0 saturated carbocycles. The molecule has 0 bridgehead atoms. The minimum absolute atomic E-state index is 0.000319. The first-order valence-electron chi connectivity index (χ1n) is 8.09. The second-order valence-corrected chi connectivity index (χ2v) is 7.23. The molecule has 1 aromatic heterocycles. The Labute approximate surface area is 140 Å². The molecule has 0 spiro atoms. The zero-order chi connectivity index (χ0) is 16.3. The Hall–Kier alpha value is -1.72. The van der Waals surface area contributed by atoms with Gasteiger partial charge in [-0.1, -0.05) is 37.3 Å². The van der Waals surface area contributed by atoms with E-state index in [1.807, 2.05) is 35.2 Å². The van der Waals surface area contributed by atoms with Crippen molar-refractivity contribution in [1.82, 2.24) is 9.88 Å². The Morgan fingerprint density at radius 1 is 1.30 bits per heavy atom. The molecule has 23 heavy (non-hydrogen) atoms. The monoisotopic (exact) mass is 330 g/mol. The highest BCUT2D eigenvalue weighted by molar-refractivity contribution is 7.16. The van der Waals surface area contributed by atoms with Crippen LogP contribution in [0.15, 0.2) is 36.5 Å². The van der Waals surface area contributed by atoms with Crippen LogP contribution in [0, 0.1) is 5.41 Å². The molecule has 1 aliphatic heterocycles. The lowest BCUT2D eigenvalue weighted by molar-refractivity contribution is 0.0341. The molecule has 1 fully saturated rings. The van der Waals surface area contributed by atoms with Gasteiger partial charge in [0.25, 0.3) is 5.91 Å². The lowest BCUT2D eigenvalue weighted by atomic mass is 9.77. The van der Waals surface area contributed by atoms with E-state index in [1.54, 1.807) is 6.20 Å². The van der Waals surface area contributed by atoms with Crippen LogP contribution < -0.4 is 0 Å². The molecular formula is C18H22N2O2S. The summed E-state index contributed by atoms with van der Waals surface area (Å²) in [6, 6.07) is 9.93. The molecule has 5 heteroatoms. The molecule has 1 amide bonds. The second-order valence-electron chi connectivity index (χ2n) is 6.20. The van der Waals surface area contributed by atoms with Crippen molar-refractivity contribution >= 4 is 17.2 Å². The fraction of sp³-hybridized carbons (Fsp3) is 0.444. The molecule has 0 atom stereocenters. The molecule has 2 heterocycles. The molecule has 1 N–H and O–H groups in total. The Morgan fingerprint density at radius 3 is 2.61 bits per heavy atom. The number of likely N-dealkylation sites (tertiary alicyclic amines) is 1. The van der Waals surface area contributed by atoms with Crippen LogP contribution in [0.2, 0.25) is 0 Å². The van der Waals surface area contributed by atoms with Crippen molar-refractivity contribution in [3.8, 4) is 10.6 Å². The molecule has 0 unspecified atom stereocenters. The Kier molecular flexibility index (Phi) is 4.78. The number of carbonyl (C=O) groups excluding carboxylic acids is 1. The third-order valence-corrected chi connectivity index (χ3v) is 5.97. The minimum Gasteiger partial charge on any atom is -0.396 e. The predicted molar refractivity (Wildman–Crippen MR) is 92.5 cm³/mol. The number of aliphatic hydroxyl groups is 1. The van der Waals surface area contributed by atoms with E-state index in [4.69, 9.17) is 0 Å². The van der Waals surface area contributed by atoms with Crippen molar-refractivity contribution < 1.29 is 9.90 Å². The van der Waals surface area contributed by atoms with Gasteiger partial charge in [0, 0.05) is 25.3 Å². The SMILES string of the molecule is CCC1(CO)CCN(C(=O)c2cnc(-c3ccccc3)s2)CC1. The van der Waals surface area contributed by atoms with E-state index >= 15 is 0 Å². The highest BCUT2D eigenvalue weighted by atomic mass is 32.1. The number of aromatic nitrogens is 1. The van der Waals surface area contributed by atoms with E-state index in [9.17, 15) is 9.90 Å². The summed E-state index contributed by atoms with van der Waals surface area (Å²) in [6.45, 7) is 3.75. The number of aliphatic hydroxyl groups excluding tert-OH is 1. The van der Waals surface area contributed by atoms with Crippen LogP contribution in [-0.2, 0) is 0 Å². The van der Waals surface area contributed by atoms with Crippen LogP contribution in [0.3, 0.4) is 0 Å². The van der Waals surface area contributed by atoms with Crippen molar-refractivity contribution in [2.45, 2.75) is 26.2 Å². The van der Waals surface area contributed by atoms with Gasteiger partial charge in [0.2, 0.25) is 0 Å². The molecule has 122 valence electrons. The van der Waals surface area contributed by atoms with Gasteiger partial charge in [-0.25, -0.2) is 4.98 Å². The predicted octanol–water partition coefficient (Wildman–Crippen LogP) is 3.43. The molecule has 1 aromatic carbocycles. The summed E-state index contributed by atoms with van der Waals surface area (Å²) in [7, 11) is 0. The number of hydrogen-bond donors (Lipinski definition) is 1. The van der Waals surface area contributed by atoms with Crippen LogP contribution in [0.4, 0.5) is 0 Å². The van der Waals surface area contributed by atoms with Gasteiger partial charge in [-0.05, 0) is 24.7 Å². The van der Waals surface area contributed by atoms with E-state index < -0.39 is 0 Å². The summed E-state index contributed by atoms with van der Waals surface area (Å²) < 4.78 is 0. The fourth-order valence-electron chi connectivity index (χ4n) is 3.05. The Morgan fingerprint density at radius 2 is 2.00 bits per heavy atom. The maximum absolute atomic E-state index is 12.7. The van der Waals surface area contributed by atoms with Gasteiger partial charge in [-0.15, -0.1) is 11.3 Å². The number of piperidine rings is 1. The van der Waals surface area contributed by atoms with Gasteiger partial charge in [0.15, 0.2) is 0 Å². The largest absolute Gasteiger partial charge is 0.396 e. The van der Waals surface area contributed by atoms with Gasteiger partial charge in [0.1, 0.15) is 9.88 Å². The molecule has 1 aliphatic rings. The number of rotatable bonds is 4. The van der Waals surface area contributed by atoms with Crippen molar-refractivity contribution in [3.05, 3.63) is 41.4 Å². The molecule has 0 radical (unpaired) electrons. The summed E-state index contributed by atoms with van der Waals surface area (Å²) in [6.07, 6.45) is 4.39. The summed E-state index contributed by atoms with van der Waals surface area (Å²) >= 11 is 1.45. The van der Waals surface area contributed by atoms with E-state index in [0.29, 0.717) is 18.0 Å². The van der Waals surface area contributed by atoms with Crippen molar-refractivity contribution in [3.63, 3.8) is 0 Å². The maximum Gasteiger partial charge on any atom is 0.265 e. The number of amides is 1. The third-order valence-electron chi connectivity index (χ3n) is 4.93. The smallest absolute Gasteiger partial charge is 0.265 e. The zero-order valence-corrected chi connectivity index (χ0v) is 14.2. The van der Waals surface area contributed by atoms with Crippen molar-refractivity contribution in [2.24, 2.45) is 5.41 Å². The normalized spacial score (nSPS) is 17.2. The number of nitrogens with zero attached hydrogens (tertiary/aromatic N) is 2. The lowest BCUT2D eigenvalue weighted by Crippen LogP contribution is -2.44. The molecule has 2 aromatic rings. The standard InChI is InChI=1S/C18H22N2O2S/c1-2-18(13-21)8-10-20(11-9-18)17(22)15-12-19-16(23-15)14-6-4-3-5-7-14/h3-7,12,21H,2,8-11,13H2,1H3. The quantitative estimate of drug-likeness (QED) is 0.934. The highest BCUT2D eigenvalue weighted by Crippen LogP contribution is 2.35. The van der Waals surface area contributed by atoms with Crippen molar-refractivity contribution in [1.29, 1.82) is 0 Å². The summed E-state index contributed by atoms with van der Waals surface area (Å²) in [5, 5.41) is 10.5. The van der Waals surface area contributed by atoms with Gasteiger partial charge in [-0.3, -0.25) is 4.79 Å². The molecule has 0 aliphatic carbocycles. The maximum atomic E-state index is 12.7. The van der Waals surface area contributed by atoms with Crippen LogP contribution >= 0.6 is 11.3 Å². The first-order chi connectivity index (χ1) is 11.2. The van der Waals surface area contributed by atoms with Gasteiger partial charge >= 0.3 is 0 Å². The van der Waals surface area contributed by atoms with Crippen molar-refractivity contribution in [2.75, 3.05) is 19.7 Å². The molecule has 1 saturated heterocycles. The first kappa shape index (κ1) is 16.1. The van der Waals surface area contributed by atoms with E-state index in [-0.39, 0.29) is 17.9 Å². The van der Waals surface area contributed by atoms with Gasteiger partial charge in [-0.2, -0.15) is 0 Å². The summed E-state index contributed by atoms with van der Waals surface area (Å²) in [5.74, 6) is 0.0623. The fourth-order valence-corrected chi connectivity index (χ4v) is 3.94. The van der Waals surface area contributed by atoms with Gasteiger partial charge in [0.05, 0.1) is 6.20 Å². The molecule has 4 nitrogen and oxygen atoms in total. The van der Waals surface area contributed by atoms with Crippen LogP contribution in [0.1, 0.15) is 35.9 Å². The number of carbonyl (C=O) groups is 1. The summed E-state index contributed by atoms with van der Waals surface area (Å²) in [4.78, 5) is 19.6. The Bertz CT molecular complexity index is 655. The number of hydrogen-bond acceptors (Lipinski definition) is 4. The van der Waals surface area contributed by atoms with Gasteiger partial charge < -0.3 is 10.0 Å². The zero-order valence-electron chi connectivity index (χ0n) is 13.4. The van der Waals surface area contributed by atoms with Crippen LogP contribution in [-0.4, -0.2) is 40.6 Å². The number of benzene rings is 1. The van der Waals surface area contributed by atoms with Crippen LogP contribution in [0.25, 0.3) is 10.6 Å². The topological polar surface area (TPSA) is 53.4 Å². The van der Waals surface area contributed by atoms with E-state index in [2.05, 4.69) is 11.9 Å². The average Bonchev–Trinajstić information content (AvgIpc) is 3.12. The molecule has 3 rings (SSSR count). The Balaban J connectivity index is 1.69. The highest BCUT2D eigenvalue weighted by Gasteiger charge is 2.34. The van der Waals surface area contributed by atoms with E-state index in [0.717, 1.165) is 29.8 Å². The number of thiazole rings is 1.